The van der Waals surface area contributed by atoms with Crippen LogP contribution in [0.3, 0.4) is 0 Å². The normalized spacial score (nSPS) is 10.6. The first-order valence-corrected chi connectivity index (χ1v) is 8.12. The predicted octanol–water partition coefficient (Wildman–Crippen LogP) is 0.909. The van der Waals surface area contributed by atoms with Gasteiger partial charge in [-0.05, 0) is 6.42 Å². The van der Waals surface area contributed by atoms with Gasteiger partial charge in [-0.15, -0.1) is 0 Å². The van der Waals surface area contributed by atoms with E-state index in [1.165, 1.54) is 44.9 Å². The van der Waals surface area contributed by atoms with Crippen LogP contribution in [0.1, 0.15) is 72.6 Å². The van der Waals surface area contributed by atoms with Crippen molar-refractivity contribution in [3.8, 4) is 0 Å². The molecule has 6 heteroatoms. The third-order valence-corrected chi connectivity index (χ3v) is 3.56. The van der Waals surface area contributed by atoms with Crippen LogP contribution in [-0.2, 0) is 36.0 Å². The number of rotatable bonds is 11. The zero-order chi connectivity index (χ0) is 12.3. The monoisotopic (exact) mass is 319 g/mol. The molecule has 0 unspecified atom stereocenters. The molecule has 1 radical (unpaired) electrons. The summed E-state index contributed by atoms with van der Waals surface area (Å²) in [5, 5.41) is 0. The molecule has 3 nitrogen and oxygen atoms in total. The summed E-state index contributed by atoms with van der Waals surface area (Å²) in [4.78, 5) is 0. The fourth-order valence-corrected chi connectivity index (χ4v) is 2.34. The van der Waals surface area contributed by atoms with E-state index in [-0.39, 0.29) is 62.6 Å². The molecule has 0 saturated carbocycles. The van der Waals surface area contributed by atoms with E-state index in [0.29, 0.717) is 6.42 Å². The molecule has 0 aliphatic heterocycles. The summed E-state index contributed by atoms with van der Waals surface area (Å²) < 4.78 is 29.4. The number of unbranched alkanes of at least 4 members (excludes halogenated alkanes) is 9. The van der Waals surface area contributed by atoms with E-state index in [1.807, 2.05) is 0 Å². The van der Waals surface area contributed by atoms with E-state index in [0.717, 1.165) is 12.8 Å². The topological polar surface area (TPSA) is 54.4 Å². The molecular formula is C12H27NaO3SSc. The average molecular weight is 319 g/mol. The smallest absolute Gasteiger partial charge is 1.00 e. The fraction of sp³-hybridized carbons (Fsp3) is 1.00. The average Bonchev–Trinajstić information content (AvgIpc) is 2.19. The first kappa shape index (κ1) is 24.8. The van der Waals surface area contributed by atoms with Crippen LogP contribution < -0.4 is 29.6 Å². The summed E-state index contributed by atoms with van der Waals surface area (Å²) in [5.74, 6) is -0.0799. The van der Waals surface area contributed by atoms with E-state index >= 15 is 0 Å². The first-order valence-electron chi connectivity index (χ1n) is 6.51. The van der Waals surface area contributed by atoms with Gasteiger partial charge in [-0.25, -0.2) is 0 Å². The van der Waals surface area contributed by atoms with E-state index in [4.69, 9.17) is 4.55 Å². The van der Waals surface area contributed by atoms with Crippen molar-refractivity contribution in [2.24, 2.45) is 0 Å². The molecule has 0 heterocycles. The Balaban J connectivity index is -0.000000375. The zero-order valence-corrected chi connectivity index (χ0v) is 16.6. The van der Waals surface area contributed by atoms with Gasteiger partial charge in [0.15, 0.2) is 0 Å². The molecule has 18 heavy (non-hydrogen) atoms. The molecule has 0 atom stereocenters. The Hall–Kier alpha value is 1.78. The standard InChI is InChI=1S/C12H26O3S.Na.Sc.H/c1-2-3-4-5-6-7-8-9-10-11-12-16(13,14)15;;;/h2-12H2,1H3,(H,13,14,15);;;/q;+1;;-1. The summed E-state index contributed by atoms with van der Waals surface area (Å²) >= 11 is 0. The van der Waals surface area contributed by atoms with Crippen molar-refractivity contribution in [3.05, 3.63) is 0 Å². The van der Waals surface area contributed by atoms with Gasteiger partial charge in [0.25, 0.3) is 10.1 Å². The van der Waals surface area contributed by atoms with Crippen LogP contribution >= 0.6 is 0 Å². The molecule has 0 rings (SSSR count). The van der Waals surface area contributed by atoms with E-state index in [1.54, 1.807) is 0 Å². The van der Waals surface area contributed by atoms with Crippen molar-refractivity contribution < 1.29 is 69.8 Å². The Bertz CT molecular complexity index is 251. The molecule has 1 N–H and O–H groups in total. The Morgan fingerprint density at radius 2 is 1.17 bits per heavy atom. The second kappa shape index (κ2) is 16.8. The van der Waals surface area contributed by atoms with Crippen molar-refractivity contribution in [2.45, 2.75) is 71.1 Å². The van der Waals surface area contributed by atoms with Crippen LogP contribution in [0.25, 0.3) is 0 Å². The molecule has 0 bridgehead atoms. The molecular weight excluding hydrogens is 292 g/mol. The van der Waals surface area contributed by atoms with Gasteiger partial charge in [-0.3, -0.25) is 4.55 Å². The minimum atomic E-state index is -3.73. The van der Waals surface area contributed by atoms with Crippen molar-refractivity contribution in [3.63, 3.8) is 0 Å². The van der Waals surface area contributed by atoms with Crippen molar-refractivity contribution in [2.75, 3.05) is 5.75 Å². The Kier molecular flexibility index (Phi) is 23.2. The Morgan fingerprint density at radius 1 is 0.833 bits per heavy atom. The van der Waals surface area contributed by atoms with Gasteiger partial charge in [-0.1, -0.05) is 64.7 Å². The molecule has 0 amide bonds. The maximum Gasteiger partial charge on any atom is 1.00 e. The van der Waals surface area contributed by atoms with Crippen molar-refractivity contribution in [1.82, 2.24) is 0 Å². The second-order valence-corrected chi connectivity index (χ2v) is 6.04. The minimum absolute atomic E-state index is 0. The van der Waals surface area contributed by atoms with E-state index in [9.17, 15) is 8.42 Å². The summed E-state index contributed by atoms with van der Waals surface area (Å²) in [6.07, 6.45) is 11.7. The van der Waals surface area contributed by atoms with Gasteiger partial charge in [-0.2, -0.15) is 8.42 Å². The SMILES string of the molecule is CCCCCCCCCCCCS(=O)(=O)O.[H-].[Na+].[Sc]. The van der Waals surface area contributed by atoms with Gasteiger partial charge in [0.2, 0.25) is 0 Å². The van der Waals surface area contributed by atoms with Crippen LogP contribution in [-0.4, -0.2) is 18.7 Å². The Morgan fingerprint density at radius 3 is 1.50 bits per heavy atom. The summed E-state index contributed by atoms with van der Waals surface area (Å²) in [6, 6.07) is 0. The van der Waals surface area contributed by atoms with Crippen molar-refractivity contribution in [1.29, 1.82) is 0 Å². The molecule has 0 saturated heterocycles. The molecule has 0 aromatic carbocycles. The minimum Gasteiger partial charge on any atom is -1.00 e. The van der Waals surface area contributed by atoms with Crippen LogP contribution in [0.5, 0.6) is 0 Å². The van der Waals surface area contributed by atoms with Crippen LogP contribution in [0.15, 0.2) is 0 Å². The maximum absolute atomic E-state index is 10.4. The third kappa shape index (κ3) is 22.9. The fourth-order valence-electron chi connectivity index (χ4n) is 1.77. The molecule has 0 aromatic rings. The van der Waals surface area contributed by atoms with Crippen LogP contribution in [0.2, 0.25) is 0 Å². The number of hydrogen-bond acceptors (Lipinski definition) is 2. The van der Waals surface area contributed by atoms with Gasteiger partial charge in [0.1, 0.15) is 0 Å². The third-order valence-electron chi connectivity index (χ3n) is 2.76. The molecule has 0 aromatic heterocycles. The summed E-state index contributed by atoms with van der Waals surface area (Å²) in [7, 11) is -3.73. The molecule has 0 aliphatic rings. The predicted molar refractivity (Wildman–Crippen MR) is 69.4 cm³/mol. The largest absolute Gasteiger partial charge is 1.00 e. The van der Waals surface area contributed by atoms with E-state index in [2.05, 4.69) is 6.92 Å². The van der Waals surface area contributed by atoms with Crippen LogP contribution in [0, 0.1) is 0 Å². The molecule has 0 aliphatic carbocycles. The van der Waals surface area contributed by atoms with Gasteiger partial charge >= 0.3 is 29.6 Å². The molecule has 0 spiro atoms. The quantitative estimate of drug-likeness (QED) is 0.350. The summed E-state index contributed by atoms with van der Waals surface area (Å²) in [6.45, 7) is 2.22. The molecule has 0 fully saturated rings. The zero-order valence-electron chi connectivity index (χ0n) is 13.0. The Labute approximate surface area is 155 Å². The first-order chi connectivity index (χ1) is 7.56. The second-order valence-electron chi connectivity index (χ2n) is 4.47. The molecule has 103 valence electrons. The van der Waals surface area contributed by atoms with E-state index < -0.39 is 10.1 Å². The summed E-state index contributed by atoms with van der Waals surface area (Å²) in [5.41, 5.74) is 0. The van der Waals surface area contributed by atoms with Gasteiger partial charge < -0.3 is 1.43 Å². The van der Waals surface area contributed by atoms with Crippen molar-refractivity contribution >= 4 is 10.1 Å². The maximum atomic E-state index is 10.4. The van der Waals surface area contributed by atoms with Gasteiger partial charge in [0.05, 0.1) is 5.75 Å². The van der Waals surface area contributed by atoms with Gasteiger partial charge in [0, 0.05) is 25.8 Å². The van der Waals surface area contributed by atoms with Crippen LogP contribution in [0.4, 0.5) is 0 Å². The number of hydrogen-bond donors (Lipinski definition) is 1.